The van der Waals surface area contributed by atoms with Crippen molar-refractivity contribution in [3.05, 3.63) is 132 Å². The summed E-state index contributed by atoms with van der Waals surface area (Å²) in [7, 11) is 0. The van der Waals surface area contributed by atoms with Gasteiger partial charge in [0.2, 0.25) is 0 Å². The molecule has 37 heavy (non-hydrogen) atoms. The molecular formula is C30H25NaO6. The summed E-state index contributed by atoms with van der Waals surface area (Å²) in [6.45, 7) is 0. The first kappa shape index (κ1) is 29.4. The average molecular weight is 505 g/mol. The van der Waals surface area contributed by atoms with Crippen molar-refractivity contribution >= 4 is 23.5 Å². The van der Waals surface area contributed by atoms with Gasteiger partial charge in [-0.25, -0.2) is 0 Å². The molecule has 0 aromatic heterocycles. The molecular weight excluding hydrogens is 479 g/mol. The van der Waals surface area contributed by atoms with Crippen molar-refractivity contribution in [2.75, 3.05) is 0 Å². The van der Waals surface area contributed by atoms with Crippen LogP contribution >= 0.6 is 0 Å². The van der Waals surface area contributed by atoms with E-state index in [-0.39, 0.29) is 49.0 Å². The monoisotopic (exact) mass is 504 g/mol. The van der Waals surface area contributed by atoms with Gasteiger partial charge in [-0.2, -0.15) is 0 Å². The molecule has 0 heterocycles. The van der Waals surface area contributed by atoms with Crippen LogP contribution in [0.25, 0.3) is 0 Å². The van der Waals surface area contributed by atoms with Crippen LogP contribution in [0.2, 0.25) is 0 Å². The fraction of sp³-hybridized carbons (Fsp3) is 0.0667. The largest absolute Gasteiger partial charge is 1.00 e. The Morgan fingerprint density at radius 2 is 0.757 bits per heavy atom. The molecule has 0 bridgehead atoms. The first-order valence-electron chi connectivity index (χ1n) is 11.2. The van der Waals surface area contributed by atoms with E-state index in [9.17, 15) is 19.2 Å². The second kappa shape index (κ2) is 16.0. The van der Waals surface area contributed by atoms with Crippen LogP contribution in [0, 0.1) is 0 Å². The van der Waals surface area contributed by atoms with E-state index in [1.807, 2.05) is 12.1 Å². The zero-order valence-corrected chi connectivity index (χ0v) is 22.4. The number of esters is 2. The van der Waals surface area contributed by atoms with Gasteiger partial charge in [0, 0.05) is 11.1 Å². The summed E-state index contributed by atoms with van der Waals surface area (Å²) >= 11 is 0. The fourth-order valence-electron chi connectivity index (χ4n) is 3.03. The minimum atomic E-state index is -0.646. The molecule has 0 unspecified atom stereocenters. The van der Waals surface area contributed by atoms with Gasteiger partial charge in [0.05, 0.1) is 6.42 Å². The Balaban J connectivity index is 0.000000363. The molecule has 0 radical (unpaired) electrons. The Bertz CT molecular complexity index is 1180. The van der Waals surface area contributed by atoms with Crippen molar-refractivity contribution in [3.63, 3.8) is 0 Å². The molecule has 0 saturated heterocycles. The maximum Gasteiger partial charge on any atom is 1.00 e. The standard InChI is InChI=1S/C15H12O4.C15H12O2.Na.H/c16-14(18-12-7-3-1-4-8-12)11-15(17)19-13-9-5-2-6-10-13;16-14(12-7-3-1-4-8-12)11-15(17)13-9-5-2-6-10-13;;/h1-10H,11H2;1-10H,11H2;;/q;;+1;-1. The van der Waals surface area contributed by atoms with E-state index in [1.54, 1.807) is 109 Å². The molecule has 4 rings (SSSR count). The third-order valence-corrected chi connectivity index (χ3v) is 4.75. The van der Waals surface area contributed by atoms with Crippen LogP contribution in [0.15, 0.2) is 121 Å². The average Bonchev–Trinajstić information content (AvgIpc) is 2.91. The maximum atomic E-state index is 11.8. The van der Waals surface area contributed by atoms with Crippen LogP contribution in [0.1, 0.15) is 35.0 Å². The van der Waals surface area contributed by atoms with Crippen molar-refractivity contribution in [1.82, 2.24) is 0 Å². The quantitative estimate of drug-likeness (QED) is 0.121. The molecule has 0 aliphatic rings. The maximum absolute atomic E-state index is 11.8. The number of carbonyl (C=O) groups excluding carboxylic acids is 4. The van der Waals surface area contributed by atoms with E-state index in [0.29, 0.717) is 22.6 Å². The number of Topliss-reactive ketones (excluding diaryl/α,β-unsaturated/α-hetero) is 2. The van der Waals surface area contributed by atoms with E-state index < -0.39 is 18.4 Å². The second-order valence-electron chi connectivity index (χ2n) is 7.51. The van der Waals surface area contributed by atoms with Gasteiger partial charge in [0.25, 0.3) is 0 Å². The molecule has 0 aliphatic carbocycles. The normalized spacial score (nSPS) is 9.51. The van der Waals surface area contributed by atoms with Gasteiger partial charge in [0.15, 0.2) is 11.6 Å². The summed E-state index contributed by atoms with van der Waals surface area (Å²) in [4.78, 5) is 46.6. The van der Waals surface area contributed by atoms with Crippen LogP contribution in [-0.4, -0.2) is 23.5 Å². The van der Waals surface area contributed by atoms with E-state index >= 15 is 0 Å². The summed E-state index contributed by atoms with van der Waals surface area (Å²) in [5, 5.41) is 0. The van der Waals surface area contributed by atoms with Crippen molar-refractivity contribution < 1.29 is 59.6 Å². The topological polar surface area (TPSA) is 86.7 Å². The van der Waals surface area contributed by atoms with Gasteiger partial charge in [-0.3, -0.25) is 19.2 Å². The van der Waals surface area contributed by atoms with Crippen molar-refractivity contribution in [2.24, 2.45) is 0 Å². The molecule has 0 atom stereocenters. The molecule has 0 N–H and O–H groups in total. The molecule has 4 aromatic carbocycles. The summed E-state index contributed by atoms with van der Waals surface area (Å²) in [6, 6.07) is 34.9. The van der Waals surface area contributed by atoms with Gasteiger partial charge >= 0.3 is 41.5 Å². The van der Waals surface area contributed by atoms with Crippen molar-refractivity contribution in [1.29, 1.82) is 0 Å². The summed E-state index contributed by atoms with van der Waals surface area (Å²) in [5.74, 6) is -0.766. The molecule has 0 amide bonds. The number of para-hydroxylation sites is 2. The first-order valence-corrected chi connectivity index (χ1v) is 11.2. The second-order valence-corrected chi connectivity index (χ2v) is 7.51. The molecule has 7 heteroatoms. The minimum absolute atomic E-state index is 0. The molecule has 182 valence electrons. The third kappa shape index (κ3) is 10.8. The number of hydrogen-bond acceptors (Lipinski definition) is 6. The Morgan fingerprint density at radius 3 is 1.08 bits per heavy atom. The molecule has 4 aromatic rings. The van der Waals surface area contributed by atoms with E-state index in [1.165, 1.54) is 0 Å². The first-order chi connectivity index (χ1) is 17.5. The van der Waals surface area contributed by atoms with Gasteiger partial charge in [-0.15, -0.1) is 0 Å². The van der Waals surface area contributed by atoms with E-state index in [4.69, 9.17) is 9.47 Å². The van der Waals surface area contributed by atoms with Crippen LogP contribution in [-0.2, 0) is 9.59 Å². The number of carbonyl (C=O) groups is 4. The number of ketones is 2. The van der Waals surface area contributed by atoms with E-state index in [0.717, 1.165) is 0 Å². The van der Waals surface area contributed by atoms with Gasteiger partial charge in [-0.1, -0.05) is 97.1 Å². The van der Waals surface area contributed by atoms with E-state index in [2.05, 4.69) is 0 Å². The van der Waals surface area contributed by atoms with Crippen LogP contribution < -0.4 is 39.0 Å². The molecule has 0 aliphatic heterocycles. The van der Waals surface area contributed by atoms with Gasteiger partial charge < -0.3 is 10.9 Å². The Hall–Kier alpha value is -3.84. The smallest absolute Gasteiger partial charge is 1.00 e. The molecule has 0 fully saturated rings. The molecule has 0 saturated carbocycles. The SMILES string of the molecule is O=C(CC(=O)Oc1ccccc1)Oc1ccccc1.O=C(CC(=O)c1ccccc1)c1ccccc1.[H-].[Na+]. The zero-order valence-electron chi connectivity index (χ0n) is 21.4. The van der Waals surface area contributed by atoms with Crippen LogP contribution in [0.4, 0.5) is 0 Å². The van der Waals surface area contributed by atoms with Gasteiger partial charge in [0.1, 0.15) is 17.9 Å². The Labute approximate surface area is 239 Å². The number of rotatable bonds is 8. The van der Waals surface area contributed by atoms with Crippen molar-refractivity contribution in [2.45, 2.75) is 12.8 Å². The fourth-order valence-corrected chi connectivity index (χ4v) is 3.03. The number of benzene rings is 4. The summed E-state index contributed by atoms with van der Waals surface area (Å²) in [5.41, 5.74) is 1.16. The van der Waals surface area contributed by atoms with Crippen LogP contribution in [0.5, 0.6) is 11.5 Å². The van der Waals surface area contributed by atoms with Crippen LogP contribution in [0.3, 0.4) is 0 Å². The molecule has 6 nitrogen and oxygen atoms in total. The third-order valence-electron chi connectivity index (χ3n) is 4.75. The minimum Gasteiger partial charge on any atom is -1.00 e. The summed E-state index contributed by atoms with van der Waals surface area (Å²) < 4.78 is 9.97. The Morgan fingerprint density at radius 1 is 0.459 bits per heavy atom. The predicted octanol–water partition coefficient (Wildman–Crippen LogP) is 2.85. The zero-order chi connectivity index (χ0) is 25.6. The van der Waals surface area contributed by atoms with Gasteiger partial charge in [-0.05, 0) is 24.3 Å². The number of hydrogen-bond donors (Lipinski definition) is 0. The predicted molar refractivity (Wildman–Crippen MR) is 136 cm³/mol. The van der Waals surface area contributed by atoms with Crippen molar-refractivity contribution in [3.8, 4) is 11.5 Å². The molecule has 0 spiro atoms. The summed E-state index contributed by atoms with van der Waals surface area (Å²) in [6.07, 6.45) is -0.502. The Kier molecular flexibility index (Phi) is 12.7. The number of ether oxygens (including phenoxy) is 2.